The minimum absolute atomic E-state index is 0.0782. The number of hydrogen-bond acceptors (Lipinski definition) is 6. The first-order valence-corrected chi connectivity index (χ1v) is 10.1. The highest BCUT2D eigenvalue weighted by atomic mass is 32.2. The van der Waals surface area contributed by atoms with Crippen molar-refractivity contribution in [3.63, 3.8) is 0 Å². The summed E-state index contributed by atoms with van der Waals surface area (Å²) in [6.45, 7) is 3.08. The monoisotopic (exact) mass is 387 g/mol. The lowest BCUT2D eigenvalue weighted by Gasteiger charge is -2.19. The molecule has 142 valence electrons. The van der Waals surface area contributed by atoms with Crippen LogP contribution >= 0.6 is 11.8 Å². The van der Waals surface area contributed by atoms with E-state index in [1.165, 1.54) is 11.8 Å². The number of amides is 1. The fraction of sp³-hybridized carbons (Fsp3) is 0.421. The van der Waals surface area contributed by atoms with Gasteiger partial charge >= 0.3 is 0 Å². The zero-order valence-corrected chi connectivity index (χ0v) is 15.9. The lowest BCUT2D eigenvalue weighted by atomic mass is 10.2. The Kier molecular flexibility index (Phi) is 5.07. The zero-order chi connectivity index (χ0) is 18.8. The van der Waals surface area contributed by atoms with Crippen LogP contribution in [0.4, 0.5) is 5.69 Å². The second kappa shape index (κ2) is 7.64. The number of benzene rings is 1. The zero-order valence-electron chi connectivity index (χ0n) is 15.1. The number of aryl methyl sites for hydroxylation is 1. The second-order valence-electron chi connectivity index (χ2n) is 6.56. The van der Waals surface area contributed by atoms with E-state index in [4.69, 9.17) is 9.47 Å². The number of rotatable bonds is 5. The molecule has 1 aromatic heterocycles. The number of aromatic nitrogens is 2. The molecule has 1 N–H and O–H groups in total. The summed E-state index contributed by atoms with van der Waals surface area (Å²) in [4.78, 5) is 29.5. The molecule has 8 heteroatoms. The maximum atomic E-state index is 12.5. The number of ether oxygens (including phenoxy) is 2. The van der Waals surface area contributed by atoms with Crippen molar-refractivity contribution < 1.29 is 14.3 Å². The number of fused-ring (bicyclic) bond motifs is 2. The molecule has 0 saturated heterocycles. The van der Waals surface area contributed by atoms with Gasteiger partial charge in [0.25, 0.3) is 5.56 Å². The van der Waals surface area contributed by atoms with Gasteiger partial charge in [0.2, 0.25) is 5.91 Å². The van der Waals surface area contributed by atoms with Crippen molar-refractivity contribution in [3.8, 4) is 11.5 Å². The molecule has 1 atom stereocenters. The Hall–Kier alpha value is -2.48. The second-order valence-corrected chi connectivity index (χ2v) is 7.55. The molecule has 0 spiro atoms. The van der Waals surface area contributed by atoms with Gasteiger partial charge in [-0.3, -0.25) is 14.2 Å². The number of nitrogens with one attached hydrogen (secondary N) is 1. The topological polar surface area (TPSA) is 82.5 Å². The summed E-state index contributed by atoms with van der Waals surface area (Å²) >= 11 is 1.53. The summed E-state index contributed by atoms with van der Waals surface area (Å²) in [5.74, 6) is 1.84. The predicted octanol–water partition coefficient (Wildman–Crippen LogP) is 2.64. The molecule has 7 nitrogen and oxygen atoms in total. The van der Waals surface area contributed by atoms with Gasteiger partial charge in [-0.05, 0) is 18.6 Å². The molecule has 0 saturated carbocycles. The maximum Gasteiger partial charge on any atom is 0.254 e. The first-order chi connectivity index (χ1) is 13.1. The first-order valence-electron chi connectivity index (χ1n) is 9.09. The number of anilines is 1. The van der Waals surface area contributed by atoms with E-state index in [-0.39, 0.29) is 23.9 Å². The molecule has 2 aromatic rings. The molecule has 3 heterocycles. The number of nitrogens with zero attached hydrogens (tertiary/aromatic N) is 2. The Bertz CT molecular complexity index is 928. The first kappa shape index (κ1) is 17.9. The molecule has 2 aliphatic rings. The third-order valence-electron chi connectivity index (χ3n) is 4.50. The fourth-order valence-corrected chi connectivity index (χ4v) is 4.45. The highest BCUT2D eigenvalue weighted by Gasteiger charge is 2.27. The molecule has 0 aliphatic carbocycles. The average Bonchev–Trinajstić information content (AvgIpc) is 3.05. The third kappa shape index (κ3) is 3.80. The van der Waals surface area contributed by atoms with Gasteiger partial charge < -0.3 is 14.8 Å². The van der Waals surface area contributed by atoms with E-state index < -0.39 is 0 Å². The lowest BCUT2D eigenvalue weighted by molar-refractivity contribution is -0.116. The minimum Gasteiger partial charge on any atom is -0.486 e. The quantitative estimate of drug-likeness (QED) is 0.795. The van der Waals surface area contributed by atoms with Crippen molar-refractivity contribution in [1.29, 1.82) is 0 Å². The normalized spacial score (nSPS) is 17.4. The van der Waals surface area contributed by atoms with Gasteiger partial charge in [0, 0.05) is 35.7 Å². The van der Waals surface area contributed by atoms with E-state index in [9.17, 15) is 9.59 Å². The van der Waals surface area contributed by atoms with Gasteiger partial charge in [-0.25, -0.2) is 4.98 Å². The standard InChI is InChI=1S/C19H21N3O4S/c1-2-3-12-9-18(24)22-14(11-27-19(22)21-12)10-17(23)20-13-4-5-15-16(8-13)26-7-6-25-15/h4-5,8-9,14H,2-3,6-7,10-11H2,1H3,(H,20,23). The Morgan fingerprint density at radius 2 is 2.11 bits per heavy atom. The average molecular weight is 387 g/mol. The predicted molar refractivity (Wildman–Crippen MR) is 103 cm³/mol. The van der Waals surface area contributed by atoms with E-state index in [0.29, 0.717) is 41.3 Å². The Balaban J connectivity index is 1.45. The summed E-state index contributed by atoms with van der Waals surface area (Å²) in [5, 5.41) is 3.59. The number of hydrogen-bond donors (Lipinski definition) is 1. The molecule has 2 aliphatic heterocycles. The Labute approximate surface area is 161 Å². The summed E-state index contributed by atoms with van der Waals surface area (Å²) < 4.78 is 12.7. The van der Waals surface area contributed by atoms with Gasteiger partial charge in [-0.2, -0.15) is 0 Å². The van der Waals surface area contributed by atoms with Crippen molar-refractivity contribution in [3.05, 3.63) is 40.3 Å². The summed E-state index contributed by atoms with van der Waals surface area (Å²) in [6, 6.07) is 6.74. The smallest absolute Gasteiger partial charge is 0.254 e. The number of carbonyl (C=O) groups is 1. The Morgan fingerprint density at radius 1 is 1.30 bits per heavy atom. The molecule has 27 heavy (non-hydrogen) atoms. The number of thioether (sulfide) groups is 1. The van der Waals surface area contributed by atoms with Crippen LogP contribution in [-0.2, 0) is 11.2 Å². The fourth-order valence-electron chi connectivity index (χ4n) is 3.28. The molecule has 1 aromatic carbocycles. The minimum atomic E-state index is -0.183. The van der Waals surface area contributed by atoms with Crippen LogP contribution in [0.5, 0.6) is 11.5 Å². The molecule has 1 unspecified atom stereocenters. The van der Waals surface area contributed by atoms with Crippen molar-refractivity contribution in [1.82, 2.24) is 9.55 Å². The summed E-state index contributed by atoms with van der Waals surface area (Å²) in [7, 11) is 0. The molecule has 1 amide bonds. The largest absolute Gasteiger partial charge is 0.486 e. The molecule has 0 bridgehead atoms. The van der Waals surface area contributed by atoms with E-state index in [2.05, 4.69) is 17.2 Å². The van der Waals surface area contributed by atoms with E-state index in [0.717, 1.165) is 18.5 Å². The molecular weight excluding hydrogens is 366 g/mol. The summed E-state index contributed by atoms with van der Waals surface area (Å²) in [6.07, 6.45) is 1.96. The lowest BCUT2D eigenvalue weighted by Crippen LogP contribution is -2.27. The highest BCUT2D eigenvalue weighted by molar-refractivity contribution is 7.99. The molecule has 0 fully saturated rings. The van der Waals surface area contributed by atoms with Gasteiger partial charge in [0.1, 0.15) is 13.2 Å². The van der Waals surface area contributed by atoms with E-state index in [1.54, 1.807) is 28.8 Å². The maximum absolute atomic E-state index is 12.5. The van der Waals surface area contributed by atoms with Crippen molar-refractivity contribution in [2.75, 3.05) is 24.3 Å². The van der Waals surface area contributed by atoms with Crippen LogP contribution in [0.15, 0.2) is 34.2 Å². The van der Waals surface area contributed by atoms with Gasteiger partial charge in [0.05, 0.1) is 6.04 Å². The molecule has 0 radical (unpaired) electrons. The summed E-state index contributed by atoms with van der Waals surface area (Å²) in [5.41, 5.74) is 1.40. The number of carbonyl (C=O) groups excluding carboxylic acids is 1. The highest BCUT2D eigenvalue weighted by Crippen LogP contribution is 2.34. The molecule has 4 rings (SSSR count). The van der Waals surface area contributed by atoms with Crippen molar-refractivity contribution in [2.45, 2.75) is 37.4 Å². The van der Waals surface area contributed by atoms with Crippen LogP contribution < -0.4 is 20.3 Å². The van der Waals surface area contributed by atoms with Crippen LogP contribution in [-0.4, -0.2) is 34.4 Å². The van der Waals surface area contributed by atoms with Gasteiger partial charge in [0.15, 0.2) is 16.7 Å². The van der Waals surface area contributed by atoms with Gasteiger partial charge in [-0.15, -0.1) is 0 Å². The third-order valence-corrected chi connectivity index (χ3v) is 5.59. The van der Waals surface area contributed by atoms with E-state index in [1.807, 2.05) is 0 Å². The van der Waals surface area contributed by atoms with Crippen LogP contribution in [0.3, 0.4) is 0 Å². The van der Waals surface area contributed by atoms with Crippen LogP contribution in [0, 0.1) is 0 Å². The SMILES string of the molecule is CCCc1cc(=O)n2c(n1)SCC2CC(=O)Nc1ccc2c(c1)OCCO2. The van der Waals surface area contributed by atoms with Crippen LogP contribution in [0.25, 0.3) is 0 Å². The van der Waals surface area contributed by atoms with E-state index >= 15 is 0 Å². The van der Waals surface area contributed by atoms with Crippen molar-refractivity contribution in [2.24, 2.45) is 0 Å². The van der Waals surface area contributed by atoms with Crippen molar-refractivity contribution >= 4 is 23.4 Å². The Morgan fingerprint density at radius 3 is 2.93 bits per heavy atom. The molecular formula is C19H21N3O4S. The van der Waals surface area contributed by atoms with Crippen LogP contribution in [0.2, 0.25) is 0 Å². The van der Waals surface area contributed by atoms with Gasteiger partial charge in [-0.1, -0.05) is 25.1 Å². The van der Waals surface area contributed by atoms with Crippen LogP contribution in [0.1, 0.15) is 31.5 Å².